The molecule has 1 aromatic carbocycles. The molecule has 0 spiro atoms. The number of likely N-dealkylation sites (tertiary alicyclic amines) is 1. The van der Waals surface area contributed by atoms with Crippen molar-refractivity contribution in [3.8, 4) is 5.75 Å². The van der Waals surface area contributed by atoms with Gasteiger partial charge in [-0.25, -0.2) is 0 Å². The molecule has 2 saturated carbocycles. The SMILES string of the molecule is FC(F)(F)Oc1cccc([CH]CC2C3CN(C4CCC4)CC23)c1. The molecule has 0 bridgehead atoms. The van der Waals surface area contributed by atoms with Crippen LogP contribution in [0.1, 0.15) is 31.2 Å². The van der Waals surface area contributed by atoms with Crippen LogP contribution in [0, 0.1) is 24.2 Å². The number of alkyl halides is 3. The molecule has 1 heterocycles. The molecule has 1 aromatic rings. The number of halogens is 3. The zero-order chi connectivity index (χ0) is 16.0. The normalized spacial score (nSPS) is 30.8. The van der Waals surface area contributed by atoms with Crippen LogP contribution < -0.4 is 4.74 Å². The topological polar surface area (TPSA) is 12.5 Å². The number of benzene rings is 1. The van der Waals surface area contributed by atoms with Gasteiger partial charge in [0.2, 0.25) is 0 Å². The van der Waals surface area contributed by atoms with Crippen LogP contribution in [0.15, 0.2) is 24.3 Å². The van der Waals surface area contributed by atoms with Crippen LogP contribution >= 0.6 is 0 Å². The van der Waals surface area contributed by atoms with Gasteiger partial charge in [0.25, 0.3) is 0 Å². The Morgan fingerprint density at radius 3 is 2.52 bits per heavy atom. The van der Waals surface area contributed by atoms with E-state index in [2.05, 4.69) is 16.1 Å². The molecule has 0 amide bonds. The molecule has 3 aliphatic rings. The zero-order valence-corrected chi connectivity index (χ0v) is 12.9. The number of hydrogen-bond donors (Lipinski definition) is 0. The van der Waals surface area contributed by atoms with E-state index in [1.165, 1.54) is 44.5 Å². The van der Waals surface area contributed by atoms with Crippen LogP contribution in [0.5, 0.6) is 5.75 Å². The van der Waals surface area contributed by atoms with E-state index >= 15 is 0 Å². The molecule has 1 saturated heterocycles. The summed E-state index contributed by atoms with van der Waals surface area (Å²) >= 11 is 0. The fourth-order valence-corrected chi connectivity index (χ4v) is 4.19. The highest BCUT2D eigenvalue weighted by atomic mass is 19.4. The summed E-state index contributed by atoms with van der Waals surface area (Å²) in [7, 11) is 0. The lowest BCUT2D eigenvalue weighted by Gasteiger charge is -2.36. The van der Waals surface area contributed by atoms with Gasteiger partial charge in [-0.15, -0.1) is 13.2 Å². The van der Waals surface area contributed by atoms with Crippen LogP contribution in [0.4, 0.5) is 13.2 Å². The van der Waals surface area contributed by atoms with Gasteiger partial charge in [0.1, 0.15) is 5.75 Å². The number of fused-ring (bicyclic) bond motifs is 1. The van der Waals surface area contributed by atoms with Crippen molar-refractivity contribution in [3.63, 3.8) is 0 Å². The summed E-state index contributed by atoms with van der Waals surface area (Å²) in [5, 5.41) is 0. The molecule has 2 atom stereocenters. The molecule has 0 aromatic heterocycles. The van der Waals surface area contributed by atoms with Crippen molar-refractivity contribution in [3.05, 3.63) is 36.2 Å². The number of nitrogens with zero attached hydrogens (tertiary/aromatic N) is 1. The van der Waals surface area contributed by atoms with Gasteiger partial charge in [0.05, 0.1) is 0 Å². The Bertz CT molecular complexity index is 558. The van der Waals surface area contributed by atoms with Gasteiger partial charge in [-0.1, -0.05) is 18.6 Å². The number of ether oxygens (including phenoxy) is 1. The van der Waals surface area contributed by atoms with E-state index in [0.717, 1.165) is 35.8 Å². The lowest BCUT2D eigenvalue weighted by Crippen LogP contribution is -2.40. The van der Waals surface area contributed by atoms with E-state index in [1.807, 2.05) is 6.07 Å². The Balaban J connectivity index is 1.26. The molecule has 23 heavy (non-hydrogen) atoms. The fourth-order valence-electron chi connectivity index (χ4n) is 4.19. The molecule has 2 unspecified atom stereocenters. The lowest BCUT2D eigenvalue weighted by atomic mass is 9.91. The predicted octanol–water partition coefficient (Wildman–Crippen LogP) is 4.26. The quantitative estimate of drug-likeness (QED) is 0.802. The summed E-state index contributed by atoms with van der Waals surface area (Å²) in [4.78, 5) is 2.65. The van der Waals surface area contributed by atoms with E-state index in [9.17, 15) is 13.2 Å². The summed E-state index contributed by atoms with van der Waals surface area (Å²) in [6, 6.07) is 7.09. The van der Waals surface area contributed by atoms with E-state index in [0.29, 0.717) is 0 Å². The molecule has 1 radical (unpaired) electrons. The maximum Gasteiger partial charge on any atom is 0.573 e. The van der Waals surface area contributed by atoms with Crippen LogP contribution in [0.25, 0.3) is 0 Å². The molecule has 2 nitrogen and oxygen atoms in total. The Labute approximate surface area is 134 Å². The Morgan fingerprint density at radius 2 is 1.91 bits per heavy atom. The van der Waals surface area contributed by atoms with Crippen molar-refractivity contribution in [2.24, 2.45) is 17.8 Å². The molecular formula is C18H21F3NO. The summed E-state index contributed by atoms with van der Waals surface area (Å²) in [6.45, 7) is 2.45. The number of piperidine rings is 1. The molecular weight excluding hydrogens is 303 g/mol. The number of hydrogen-bond acceptors (Lipinski definition) is 2. The second kappa shape index (κ2) is 5.69. The average molecular weight is 324 g/mol. The van der Waals surface area contributed by atoms with Crippen molar-refractivity contribution >= 4 is 0 Å². The van der Waals surface area contributed by atoms with Gasteiger partial charge >= 0.3 is 6.36 Å². The standard InChI is InChI=1S/C18H21F3NO/c19-18(20,21)23-14-6-1-3-12(9-14)7-8-15-16-10-22(11-17(15)16)13-4-2-5-13/h1,3,6-7,9,13,15-17H,2,4-5,8,10-11H2. The molecule has 0 N–H and O–H groups in total. The van der Waals surface area contributed by atoms with E-state index in [4.69, 9.17) is 0 Å². The molecule has 125 valence electrons. The highest BCUT2D eigenvalue weighted by Gasteiger charge is 2.55. The smallest absolute Gasteiger partial charge is 0.406 e. The minimum atomic E-state index is -4.63. The molecule has 1 aliphatic heterocycles. The molecule has 4 rings (SSSR count). The lowest BCUT2D eigenvalue weighted by molar-refractivity contribution is -0.274. The average Bonchev–Trinajstić information content (AvgIpc) is 2.85. The fraction of sp³-hybridized carbons (Fsp3) is 0.611. The van der Waals surface area contributed by atoms with Crippen molar-refractivity contribution in [2.45, 2.75) is 38.1 Å². The van der Waals surface area contributed by atoms with Crippen LogP contribution in [-0.4, -0.2) is 30.4 Å². The van der Waals surface area contributed by atoms with Crippen LogP contribution in [-0.2, 0) is 0 Å². The van der Waals surface area contributed by atoms with Crippen LogP contribution in [0.2, 0.25) is 0 Å². The summed E-state index contributed by atoms with van der Waals surface area (Å²) in [6.07, 6.45) is 2.49. The molecule has 2 aliphatic carbocycles. The predicted molar refractivity (Wildman–Crippen MR) is 80.8 cm³/mol. The van der Waals surface area contributed by atoms with Gasteiger partial charge in [-0.2, -0.15) is 0 Å². The summed E-state index contributed by atoms with van der Waals surface area (Å²) < 4.78 is 40.7. The van der Waals surface area contributed by atoms with Crippen molar-refractivity contribution in [2.75, 3.05) is 13.1 Å². The van der Waals surface area contributed by atoms with Gasteiger partial charge in [0.15, 0.2) is 0 Å². The summed E-state index contributed by atoms with van der Waals surface area (Å²) in [5.74, 6) is 2.19. The summed E-state index contributed by atoms with van der Waals surface area (Å²) in [5.41, 5.74) is 0.813. The first-order chi connectivity index (χ1) is 11.0. The van der Waals surface area contributed by atoms with E-state index < -0.39 is 6.36 Å². The first-order valence-electron chi connectivity index (χ1n) is 8.43. The molecule has 3 fully saturated rings. The second-order valence-corrected chi connectivity index (χ2v) is 7.09. The third-order valence-corrected chi connectivity index (χ3v) is 5.71. The van der Waals surface area contributed by atoms with Crippen molar-refractivity contribution < 1.29 is 17.9 Å². The first-order valence-corrected chi connectivity index (χ1v) is 8.43. The second-order valence-electron chi connectivity index (χ2n) is 7.09. The Hall–Kier alpha value is -1.23. The largest absolute Gasteiger partial charge is 0.573 e. The highest BCUT2D eigenvalue weighted by molar-refractivity contribution is 5.33. The van der Waals surface area contributed by atoms with Crippen LogP contribution in [0.3, 0.4) is 0 Å². The maximum absolute atomic E-state index is 12.3. The third kappa shape index (κ3) is 3.35. The Kier molecular flexibility index (Phi) is 3.79. The molecule has 5 heteroatoms. The highest BCUT2D eigenvalue weighted by Crippen LogP contribution is 2.55. The monoisotopic (exact) mass is 324 g/mol. The first kappa shape index (κ1) is 15.3. The third-order valence-electron chi connectivity index (χ3n) is 5.71. The zero-order valence-electron chi connectivity index (χ0n) is 12.9. The van der Waals surface area contributed by atoms with Crippen molar-refractivity contribution in [1.82, 2.24) is 4.90 Å². The minimum Gasteiger partial charge on any atom is -0.406 e. The van der Waals surface area contributed by atoms with E-state index in [1.54, 1.807) is 6.07 Å². The van der Waals surface area contributed by atoms with Gasteiger partial charge in [-0.3, -0.25) is 4.90 Å². The van der Waals surface area contributed by atoms with Gasteiger partial charge in [-0.05, 0) is 61.1 Å². The Morgan fingerprint density at radius 1 is 1.17 bits per heavy atom. The van der Waals surface area contributed by atoms with E-state index in [-0.39, 0.29) is 5.75 Å². The van der Waals surface area contributed by atoms with Crippen molar-refractivity contribution in [1.29, 1.82) is 0 Å². The minimum absolute atomic E-state index is 0.140. The van der Waals surface area contributed by atoms with Gasteiger partial charge in [0, 0.05) is 19.1 Å². The maximum atomic E-state index is 12.3. The van der Waals surface area contributed by atoms with Gasteiger partial charge < -0.3 is 4.74 Å². The number of rotatable bonds is 5.